The van der Waals surface area contributed by atoms with Gasteiger partial charge in [-0.3, -0.25) is 0 Å². The van der Waals surface area contributed by atoms with E-state index in [2.05, 4.69) is 157 Å². The van der Waals surface area contributed by atoms with Gasteiger partial charge in [0.05, 0.1) is 26.2 Å². The molecule has 0 unspecified atom stereocenters. The number of para-hydroxylation sites is 1. The van der Waals surface area contributed by atoms with Crippen LogP contribution in [0.2, 0.25) is 0 Å². The Labute approximate surface area is 311 Å². The standard InChI is InChI=1S/C48H27NO2S2/c1-4-18-39-31(10-1)34-26-27-41-45(46(34)51-39)44-30(13-9-19-40(44)50-41)28-22-24-29(25-23-28)49(37-16-7-14-35-32-11-2-5-20-42(32)52-47(35)37)38-17-8-15-36-33-12-3-6-21-43(33)53-48(36)38/h1-27H. The Morgan fingerprint density at radius 1 is 0.377 bits per heavy atom. The highest BCUT2D eigenvalue weighted by Gasteiger charge is 2.23. The Morgan fingerprint density at radius 2 is 0.943 bits per heavy atom. The Hall–Kier alpha value is -6.40. The van der Waals surface area contributed by atoms with Crippen LogP contribution in [0.4, 0.5) is 17.1 Å². The molecule has 4 heterocycles. The molecule has 0 bridgehead atoms. The second-order valence-corrected chi connectivity index (χ2v) is 15.7. The maximum atomic E-state index is 6.52. The van der Waals surface area contributed by atoms with E-state index in [1.807, 2.05) is 34.8 Å². The van der Waals surface area contributed by atoms with Crippen molar-refractivity contribution in [3.63, 3.8) is 0 Å². The van der Waals surface area contributed by atoms with Crippen LogP contribution in [-0.2, 0) is 0 Å². The lowest BCUT2D eigenvalue weighted by Gasteiger charge is -2.27. The van der Waals surface area contributed by atoms with Crippen molar-refractivity contribution in [1.82, 2.24) is 0 Å². The minimum atomic E-state index is 0.828. The second kappa shape index (κ2) is 11.1. The predicted octanol–water partition coefficient (Wildman–Crippen LogP) is 15.4. The largest absolute Gasteiger partial charge is 0.456 e. The van der Waals surface area contributed by atoms with Crippen molar-refractivity contribution in [2.75, 3.05) is 4.90 Å². The van der Waals surface area contributed by atoms with Crippen molar-refractivity contribution in [1.29, 1.82) is 0 Å². The molecule has 0 aliphatic heterocycles. The van der Waals surface area contributed by atoms with Crippen LogP contribution in [0, 0.1) is 0 Å². The van der Waals surface area contributed by atoms with Crippen LogP contribution in [0.3, 0.4) is 0 Å². The van der Waals surface area contributed by atoms with E-state index in [0.717, 1.165) is 60.7 Å². The summed E-state index contributed by atoms with van der Waals surface area (Å²) in [4.78, 5) is 2.46. The third kappa shape index (κ3) is 4.20. The number of fused-ring (bicyclic) bond motifs is 13. The van der Waals surface area contributed by atoms with Gasteiger partial charge in [-0.2, -0.15) is 0 Å². The average molecular weight is 714 g/mol. The van der Waals surface area contributed by atoms with Gasteiger partial charge in [0.25, 0.3) is 0 Å². The van der Waals surface area contributed by atoms with Crippen LogP contribution in [0.1, 0.15) is 0 Å². The molecule has 0 fully saturated rings. The predicted molar refractivity (Wildman–Crippen MR) is 227 cm³/mol. The number of anilines is 3. The normalized spacial score (nSPS) is 12.2. The molecule has 53 heavy (non-hydrogen) atoms. The molecule has 0 amide bonds. The third-order valence-corrected chi connectivity index (χ3v) is 13.1. The molecule has 0 spiro atoms. The summed E-state index contributed by atoms with van der Waals surface area (Å²) in [6.45, 7) is 0. The number of benzene rings is 8. The van der Waals surface area contributed by atoms with Gasteiger partial charge in [-0.1, -0.05) is 103 Å². The summed E-state index contributed by atoms with van der Waals surface area (Å²) in [5, 5.41) is 9.45. The van der Waals surface area contributed by atoms with E-state index in [1.165, 1.54) is 51.7 Å². The van der Waals surface area contributed by atoms with Gasteiger partial charge in [0.1, 0.15) is 22.3 Å². The maximum absolute atomic E-state index is 6.52. The zero-order valence-corrected chi connectivity index (χ0v) is 29.8. The molecule has 4 aromatic heterocycles. The Bertz CT molecular complexity index is 3300. The number of thiophene rings is 2. The van der Waals surface area contributed by atoms with Crippen LogP contribution < -0.4 is 4.90 Å². The lowest BCUT2D eigenvalue weighted by atomic mass is 9.98. The summed E-state index contributed by atoms with van der Waals surface area (Å²) in [6, 6.07) is 58.8. The van der Waals surface area contributed by atoms with Gasteiger partial charge in [0.15, 0.2) is 0 Å². The van der Waals surface area contributed by atoms with Gasteiger partial charge < -0.3 is 13.7 Å². The molecule has 12 rings (SSSR count). The van der Waals surface area contributed by atoms with Gasteiger partial charge in [-0.15, -0.1) is 22.7 Å². The van der Waals surface area contributed by atoms with E-state index in [4.69, 9.17) is 8.83 Å². The number of hydrogen-bond donors (Lipinski definition) is 0. The molecule has 0 N–H and O–H groups in total. The molecule has 3 nitrogen and oxygen atoms in total. The fourth-order valence-electron chi connectivity index (χ4n) is 8.34. The summed E-state index contributed by atoms with van der Waals surface area (Å²) in [5.74, 6) is 0. The highest BCUT2D eigenvalue weighted by atomic mass is 32.1. The number of furan rings is 2. The summed E-state index contributed by atoms with van der Waals surface area (Å²) < 4.78 is 18.1. The van der Waals surface area contributed by atoms with Crippen molar-refractivity contribution < 1.29 is 8.83 Å². The van der Waals surface area contributed by atoms with Crippen molar-refractivity contribution in [2.45, 2.75) is 0 Å². The average Bonchev–Trinajstić information content (AvgIpc) is 3.98. The van der Waals surface area contributed by atoms with Gasteiger partial charge in [-0.05, 0) is 71.8 Å². The van der Waals surface area contributed by atoms with Crippen molar-refractivity contribution >= 4 is 124 Å². The summed E-state index contributed by atoms with van der Waals surface area (Å²) in [5.41, 5.74) is 9.12. The van der Waals surface area contributed by atoms with Crippen molar-refractivity contribution in [3.8, 4) is 11.1 Å². The molecule has 0 saturated heterocycles. The zero-order valence-electron chi connectivity index (χ0n) is 28.2. The molecule has 8 aromatic carbocycles. The first kappa shape index (κ1) is 29.2. The molecule has 0 atom stereocenters. The summed E-state index contributed by atoms with van der Waals surface area (Å²) in [6.07, 6.45) is 0. The van der Waals surface area contributed by atoms with Crippen LogP contribution in [0.15, 0.2) is 173 Å². The molecule has 12 aromatic rings. The first-order chi connectivity index (χ1) is 26.3. The fraction of sp³-hybridized carbons (Fsp3) is 0. The molecule has 0 aliphatic carbocycles. The van der Waals surface area contributed by atoms with Gasteiger partial charge in [-0.25, -0.2) is 0 Å². The smallest absolute Gasteiger partial charge is 0.147 e. The van der Waals surface area contributed by atoms with E-state index in [9.17, 15) is 0 Å². The molecular formula is C48H27NO2S2. The lowest BCUT2D eigenvalue weighted by molar-refractivity contribution is 0.663. The van der Waals surface area contributed by atoms with Crippen LogP contribution in [0.5, 0.6) is 0 Å². The highest BCUT2D eigenvalue weighted by Crippen LogP contribution is 2.49. The minimum Gasteiger partial charge on any atom is -0.456 e. The zero-order chi connectivity index (χ0) is 34.6. The molecule has 0 saturated carbocycles. The number of rotatable bonds is 4. The fourth-order valence-corrected chi connectivity index (χ4v) is 10.8. The quantitative estimate of drug-likeness (QED) is 0.182. The molecular weight excluding hydrogens is 687 g/mol. The van der Waals surface area contributed by atoms with Crippen molar-refractivity contribution in [3.05, 3.63) is 164 Å². The van der Waals surface area contributed by atoms with E-state index in [0.29, 0.717) is 0 Å². The minimum absolute atomic E-state index is 0.828. The van der Waals surface area contributed by atoms with Crippen LogP contribution in [0.25, 0.3) is 95.3 Å². The first-order valence-electron chi connectivity index (χ1n) is 17.7. The number of hydrogen-bond acceptors (Lipinski definition) is 5. The molecule has 248 valence electrons. The second-order valence-electron chi connectivity index (χ2n) is 13.6. The highest BCUT2D eigenvalue weighted by molar-refractivity contribution is 7.27. The van der Waals surface area contributed by atoms with E-state index in [1.54, 1.807) is 0 Å². The Kier molecular flexibility index (Phi) is 6.09. The van der Waals surface area contributed by atoms with E-state index >= 15 is 0 Å². The summed E-state index contributed by atoms with van der Waals surface area (Å²) in [7, 11) is 0. The topological polar surface area (TPSA) is 29.5 Å². The lowest BCUT2D eigenvalue weighted by Crippen LogP contribution is -2.10. The van der Waals surface area contributed by atoms with Crippen LogP contribution in [-0.4, -0.2) is 0 Å². The SMILES string of the molecule is c1ccc2c(c1)oc1c2ccc2oc3cccc(-c4ccc(N(c5cccc6c5sc5ccccc56)c5cccc6c5sc5ccccc56)cc4)c3c21. The maximum Gasteiger partial charge on any atom is 0.147 e. The molecule has 0 aliphatic rings. The van der Waals surface area contributed by atoms with Gasteiger partial charge in [0, 0.05) is 52.8 Å². The Balaban J connectivity index is 1.09. The van der Waals surface area contributed by atoms with Gasteiger partial charge >= 0.3 is 0 Å². The molecule has 0 radical (unpaired) electrons. The van der Waals surface area contributed by atoms with Crippen LogP contribution >= 0.6 is 22.7 Å². The first-order valence-corrected chi connectivity index (χ1v) is 19.4. The Morgan fingerprint density at radius 3 is 1.64 bits per heavy atom. The van der Waals surface area contributed by atoms with E-state index < -0.39 is 0 Å². The summed E-state index contributed by atoms with van der Waals surface area (Å²) >= 11 is 3.73. The van der Waals surface area contributed by atoms with Crippen molar-refractivity contribution in [2.24, 2.45) is 0 Å². The monoisotopic (exact) mass is 713 g/mol. The third-order valence-electron chi connectivity index (χ3n) is 10.7. The molecule has 5 heteroatoms. The van der Waals surface area contributed by atoms with E-state index in [-0.39, 0.29) is 0 Å². The number of nitrogens with zero attached hydrogens (tertiary/aromatic N) is 1. The van der Waals surface area contributed by atoms with Gasteiger partial charge in [0.2, 0.25) is 0 Å².